The maximum Gasteiger partial charge on any atom is 0.331 e. The van der Waals surface area contributed by atoms with E-state index in [2.05, 4.69) is 5.32 Å². The Bertz CT molecular complexity index is 1100. The van der Waals surface area contributed by atoms with Crippen molar-refractivity contribution in [1.82, 2.24) is 4.31 Å². The molecule has 1 aliphatic heterocycles. The fourth-order valence-corrected chi connectivity index (χ4v) is 5.10. The third-order valence-corrected chi connectivity index (χ3v) is 7.36. The van der Waals surface area contributed by atoms with Crippen LogP contribution in [-0.2, 0) is 24.3 Å². The summed E-state index contributed by atoms with van der Waals surface area (Å²) in [5.41, 5.74) is 2.29. The van der Waals surface area contributed by atoms with E-state index in [1.165, 1.54) is 19.1 Å². The van der Waals surface area contributed by atoms with Gasteiger partial charge in [-0.1, -0.05) is 37.1 Å². The fourth-order valence-electron chi connectivity index (χ4n) is 3.58. The maximum absolute atomic E-state index is 12.8. The minimum Gasteiger partial charge on any atom is -0.449 e. The number of aryl methyl sites for hydroxylation is 1. The highest BCUT2D eigenvalue weighted by Crippen LogP contribution is 2.21. The molecule has 1 unspecified atom stereocenters. The molecule has 0 aliphatic carbocycles. The van der Waals surface area contributed by atoms with Gasteiger partial charge in [0.05, 0.1) is 4.90 Å². The van der Waals surface area contributed by atoms with E-state index in [0.717, 1.165) is 31.2 Å². The molecular formula is C25H30N2O5S. The summed E-state index contributed by atoms with van der Waals surface area (Å²) in [6.07, 6.45) is 5.64. The first-order valence-electron chi connectivity index (χ1n) is 11.1. The van der Waals surface area contributed by atoms with Gasteiger partial charge in [-0.15, -0.1) is 0 Å². The Balaban J connectivity index is 1.55. The zero-order valence-corrected chi connectivity index (χ0v) is 19.8. The van der Waals surface area contributed by atoms with Crippen LogP contribution in [-0.4, -0.2) is 43.8 Å². The predicted molar refractivity (Wildman–Crippen MR) is 128 cm³/mol. The Kier molecular flexibility index (Phi) is 8.41. The standard InChI is InChI=1S/C25H30N2O5S/c1-19-8-7-9-22(18-19)26-25(29)20(2)32-24(28)15-12-21-10-13-23(14-11-21)33(30,31)27-16-5-3-4-6-17-27/h7-15,18,20H,3-6,16-17H2,1-2H3,(H,26,29)/b15-12+. The van der Waals surface area contributed by atoms with Crippen molar-refractivity contribution in [1.29, 1.82) is 0 Å². The first-order chi connectivity index (χ1) is 15.8. The lowest BCUT2D eigenvalue weighted by Crippen LogP contribution is -2.31. The second-order valence-electron chi connectivity index (χ2n) is 8.16. The number of anilines is 1. The molecule has 176 valence electrons. The van der Waals surface area contributed by atoms with Gasteiger partial charge in [0.1, 0.15) is 0 Å². The van der Waals surface area contributed by atoms with Gasteiger partial charge in [0.2, 0.25) is 10.0 Å². The topological polar surface area (TPSA) is 92.8 Å². The summed E-state index contributed by atoms with van der Waals surface area (Å²) in [6, 6.07) is 13.7. The second-order valence-corrected chi connectivity index (χ2v) is 10.1. The van der Waals surface area contributed by atoms with Crippen LogP contribution in [0.1, 0.15) is 43.7 Å². The third kappa shape index (κ3) is 7.00. The lowest BCUT2D eigenvalue weighted by atomic mass is 10.2. The zero-order valence-electron chi connectivity index (χ0n) is 19.0. The van der Waals surface area contributed by atoms with Crippen LogP contribution in [0.5, 0.6) is 0 Å². The highest BCUT2D eigenvalue weighted by Gasteiger charge is 2.24. The fraction of sp³-hybridized carbons (Fsp3) is 0.360. The van der Waals surface area contributed by atoms with Crippen molar-refractivity contribution in [2.45, 2.75) is 50.5 Å². The van der Waals surface area contributed by atoms with Gasteiger partial charge in [-0.25, -0.2) is 13.2 Å². The predicted octanol–water partition coefficient (Wildman–Crippen LogP) is 4.14. The molecule has 0 spiro atoms. The number of nitrogens with one attached hydrogen (secondary N) is 1. The minimum absolute atomic E-state index is 0.241. The number of carbonyl (C=O) groups is 2. The van der Waals surface area contributed by atoms with Crippen LogP contribution in [0.25, 0.3) is 6.08 Å². The van der Waals surface area contributed by atoms with Crippen LogP contribution >= 0.6 is 0 Å². The molecule has 33 heavy (non-hydrogen) atoms. The van der Waals surface area contributed by atoms with Crippen LogP contribution in [0.4, 0.5) is 5.69 Å². The Morgan fingerprint density at radius 1 is 1.03 bits per heavy atom. The smallest absolute Gasteiger partial charge is 0.331 e. The molecule has 3 rings (SSSR count). The van der Waals surface area contributed by atoms with Gasteiger partial charge in [-0.05, 0) is 68.2 Å². The Morgan fingerprint density at radius 2 is 1.70 bits per heavy atom. The lowest BCUT2D eigenvalue weighted by molar-refractivity contribution is -0.148. The molecule has 1 saturated heterocycles. The molecule has 0 bridgehead atoms. The Hall–Kier alpha value is -2.97. The van der Waals surface area contributed by atoms with Crippen LogP contribution < -0.4 is 5.32 Å². The SMILES string of the molecule is Cc1cccc(NC(=O)C(C)OC(=O)/C=C/c2ccc(S(=O)(=O)N3CCCCCC3)cc2)c1. The lowest BCUT2D eigenvalue weighted by Gasteiger charge is -2.19. The highest BCUT2D eigenvalue weighted by molar-refractivity contribution is 7.89. The van der Waals surface area contributed by atoms with E-state index < -0.39 is 28.0 Å². The van der Waals surface area contributed by atoms with Gasteiger partial charge in [0.25, 0.3) is 5.91 Å². The van der Waals surface area contributed by atoms with E-state index in [1.807, 2.05) is 25.1 Å². The van der Waals surface area contributed by atoms with Crippen molar-refractivity contribution in [3.8, 4) is 0 Å². The number of hydrogen-bond acceptors (Lipinski definition) is 5. The monoisotopic (exact) mass is 470 g/mol. The third-order valence-electron chi connectivity index (χ3n) is 5.44. The average molecular weight is 471 g/mol. The van der Waals surface area contributed by atoms with Crippen LogP contribution in [0.2, 0.25) is 0 Å². The number of esters is 1. The van der Waals surface area contributed by atoms with Crippen molar-refractivity contribution in [3.05, 3.63) is 65.7 Å². The van der Waals surface area contributed by atoms with Crippen LogP contribution in [0.3, 0.4) is 0 Å². The molecule has 1 N–H and O–H groups in total. The van der Waals surface area contributed by atoms with Gasteiger partial charge in [-0.3, -0.25) is 4.79 Å². The number of hydrogen-bond donors (Lipinski definition) is 1. The van der Waals surface area contributed by atoms with Crippen molar-refractivity contribution in [3.63, 3.8) is 0 Å². The van der Waals surface area contributed by atoms with Crippen molar-refractivity contribution in [2.24, 2.45) is 0 Å². The van der Waals surface area contributed by atoms with Gasteiger partial charge >= 0.3 is 5.97 Å². The first-order valence-corrected chi connectivity index (χ1v) is 12.6. The van der Waals surface area contributed by atoms with Gasteiger partial charge in [0, 0.05) is 24.9 Å². The number of rotatable bonds is 7. The van der Waals surface area contributed by atoms with Crippen molar-refractivity contribution >= 4 is 33.7 Å². The van der Waals surface area contributed by atoms with E-state index >= 15 is 0 Å². The maximum atomic E-state index is 12.8. The average Bonchev–Trinajstić information content (AvgIpc) is 3.08. The molecule has 2 aromatic rings. The van der Waals surface area contributed by atoms with E-state index in [0.29, 0.717) is 24.3 Å². The second kappa shape index (κ2) is 11.2. The van der Waals surface area contributed by atoms with E-state index in [9.17, 15) is 18.0 Å². The van der Waals surface area contributed by atoms with Gasteiger partial charge in [0.15, 0.2) is 6.10 Å². The summed E-state index contributed by atoms with van der Waals surface area (Å²) < 4.78 is 32.4. The van der Waals surface area contributed by atoms with Crippen molar-refractivity contribution < 1.29 is 22.7 Å². The molecule has 1 amide bonds. The number of nitrogens with zero attached hydrogens (tertiary/aromatic N) is 1. The quantitative estimate of drug-likeness (QED) is 0.485. The molecule has 0 saturated carbocycles. The largest absolute Gasteiger partial charge is 0.449 e. The molecule has 1 fully saturated rings. The molecular weight excluding hydrogens is 440 g/mol. The number of benzene rings is 2. The molecule has 0 radical (unpaired) electrons. The van der Waals surface area contributed by atoms with E-state index in [1.54, 1.807) is 34.6 Å². The molecule has 1 heterocycles. The summed E-state index contributed by atoms with van der Waals surface area (Å²) in [7, 11) is -3.51. The van der Waals surface area contributed by atoms with E-state index in [-0.39, 0.29) is 4.90 Å². The molecule has 1 atom stereocenters. The number of ether oxygens (including phenoxy) is 1. The summed E-state index contributed by atoms with van der Waals surface area (Å²) in [5.74, 6) is -1.09. The normalized spacial score (nSPS) is 16.2. The van der Waals surface area contributed by atoms with E-state index in [4.69, 9.17) is 4.74 Å². The summed E-state index contributed by atoms with van der Waals surface area (Å²) >= 11 is 0. The molecule has 8 heteroatoms. The van der Waals surface area contributed by atoms with Crippen LogP contribution in [0.15, 0.2) is 59.5 Å². The summed E-state index contributed by atoms with van der Waals surface area (Å²) in [5, 5.41) is 2.71. The molecule has 7 nitrogen and oxygen atoms in total. The molecule has 0 aromatic heterocycles. The molecule has 2 aromatic carbocycles. The van der Waals surface area contributed by atoms with Crippen molar-refractivity contribution in [2.75, 3.05) is 18.4 Å². The molecule has 1 aliphatic rings. The Morgan fingerprint density at radius 3 is 2.33 bits per heavy atom. The zero-order chi connectivity index (χ0) is 23.8. The Labute approximate surface area is 195 Å². The number of sulfonamides is 1. The summed E-state index contributed by atoms with van der Waals surface area (Å²) in [4.78, 5) is 24.6. The van der Waals surface area contributed by atoms with Crippen LogP contribution in [0, 0.1) is 6.92 Å². The summed E-state index contributed by atoms with van der Waals surface area (Å²) in [6.45, 7) is 4.51. The number of carbonyl (C=O) groups excluding carboxylic acids is 2. The van der Waals surface area contributed by atoms with Gasteiger partial charge in [-0.2, -0.15) is 4.31 Å². The minimum atomic E-state index is -3.51. The highest BCUT2D eigenvalue weighted by atomic mass is 32.2. The number of amides is 1. The first kappa shape index (κ1) is 24.7. The van der Waals surface area contributed by atoms with Gasteiger partial charge < -0.3 is 10.1 Å².